The minimum atomic E-state index is -0.294. The molecular weight excluding hydrogens is 130 g/mol. The Bertz CT molecular complexity index is 136. The van der Waals surface area contributed by atoms with E-state index in [0.29, 0.717) is 0 Å². The first-order valence-corrected chi connectivity index (χ1v) is 3.20. The summed E-state index contributed by atoms with van der Waals surface area (Å²) in [4.78, 5) is 22.8. The van der Waals surface area contributed by atoms with Crippen molar-refractivity contribution in [2.45, 2.75) is 26.8 Å². The molecule has 3 heteroatoms. The predicted octanol–water partition coefficient (Wildman–Crippen LogP) is 0.442. The topological polar surface area (TPSA) is 37.4 Å². The number of amides is 1. The van der Waals surface area contributed by atoms with Gasteiger partial charge in [-0.25, -0.2) is 0 Å². The van der Waals surface area contributed by atoms with E-state index in [1.807, 2.05) is 0 Å². The van der Waals surface area contributed by atoms with Crippen LogP contribution in [0, 0.1) is 0 Å². The lowest BCUT2D eigenvalue weighted by molar-refractivity contribution is -0.135. The summed E-state index contributed by atoms with van der Waals surface area (Å²) in [7, 11) is 1.62. The number of carbonyl (C=O) groups excluding carboxylic acids is 2. The molecule has 0 radical (unpaired) electrons. The Balaban J connectivity index is 4.07. The average Bonchev–Trinajstić information content (AvgIpc) is 1.84. The fraction of sp³-hybridized carbons (Fsp3) is 0.714. The van der Waals surface area contributed by atoms with Crippen molar-refractivity contribution in [2.24, 2.45) is 0 Å². The fourth-order valence-electron chi connectivity index (χ4n) is 0.545. The van der Waals surface area contributed by atoms with Crippen LogP contribution in [0.3, 0.4) is 0 Å². The van der Waals surface area contributed by atoms with Crippen molar-refractivity contribution < 1.29 is 9.59 Å². The van der Waals surface area contributed by atoms with Crippen molar-refractivity contribution in [1.82, 2.24) is 4.90 Å². The van der Waals surface area contributed by atoms with Crippen LogP contribution in [0.25, 0.3) is 0 Å². The lowest BCUT2D eigenvalue weighted by Crippen LogP contribution is -2.37. The molecule has 3 nitrogen and oxygen atoms in total. The normalized spacial score (nSPS) is 12.4. The average molecular weight is 143 g/mol. The molecule has 0 aliphatic rings. The van der Waals surface area contributed by atoms with Crippen LogP contribution in [0.5, 0.6) is 0 Å². The summed E-state index contributed by atoms with van der Waals surface area (Å²) >= 11 is 0. The number of ketones is 1. The largest absolute Gasteiger partial charge is 0.336 e. The SMILES string of the molecule is CC(=O)C(C)N(C)C(C)=O. The van der Waals surface area contributed by atoms with Crippen molar-refractivity contribution in [2.75, 3.05) is 7.05 Å². The van der Waals surface area contributed by atoms with E-state index in [2.05, 4.69) is 0 Å². The molecule has 0 aromatic rings. The van der Waals surface area contributed by atoms with Crippen LogP contribution in [0.15, 0.2) is 0 Å². The minimum absolute atomic E-state index is 0.0118. The molecule has 0 fully saturated rings. The van der Waals surface area contributed by atoms with Crippen molar-refractivity contribution in [3.05, 3.63) is 0 Å². The molecule has 58 valence electrons. The van der Waals surface area contributed by atoms with Gasteiger partial charge in [-0.05, 0) is 13.8 Å². The van der Waals surface area contributed by atoms with Gasteiger partial charge in [-0.3, -0.25) is 9.59 Å². The number of rotatable bonds is 2. The number of Topliss-reactive ketones (excluding diaryl/α,β-unsaturated/α-hetero) is 1. The minimum Gasteiger partial charge on any atom is -0.336 e. The Hall–Kier alpha value is -0.860. The first-order valence-electron chi connectivity index (χ1n) is 3.20. The molecule has 0 aliphatic heterocycles. The highest BCUT2D eigenvalue weighted by atomic mass is 16.2. The van der Waals surface area contributed by atoms with Gasteiger partial charge in [-0.2, -0.15) is 0 Å². The molecule has 1 amide bonds. The molecule has 0 N–H and O–H groups in total. The van der Waals surface area contributed by atoms with Gasteiger partial charge in [0.25, 0.3) is 0 Å². The predicted molar refractivity (Wildman–Crippen MR) is 38.6 cm³/mol. The molecule has 10 heavy (non-hydrogen) atoms. The molecule has 0 aromatic carbocycles. The molecular formula is C7H13NO2. The molecule has 0 saturated carbocycles. The number of likely N-dealkylation sites (N-methyl/N-ethyl adjacent to an activating group) is 1. The summed E-state index contributed by atoms with van der Waals surface area (Å²) in [5.74, 6) is -0.0691. The number of carbonyl (C=O) groups is 2. The van der Waals surface area contributed by atoms with Crippen LogP contribution in [-0.2, 0) is 9.59 Å². The standard InChI is InChI=1S/C7H13NO2/c1-5(6(2)9)8(4)7(3)10/h5H,1-4H3. The lowest BCUT2D eigenvalue weighted by atomic mass is 10.2. The van der Waals surface area contributed by atoms with Gasteiger partial charge >= 0.3 is 0 Å². The van der Waals surface area contributed by atoms with Crippen molar-refractivity contribution in [3.8, 4) is 0 Å². The molecule has 0 spiro atoms. The highest BCUT2D eigenvalue weighted by Crippen LogP contribution is 1.95. The van der Waals surface area contributed by atoms with Gasteiger partial charge in [0.05, 0.1) is 6.04 Å². The summed E-state index contributed by atoms with van der Waals surface area (Å²) in [6.07, 6.45) is 0. The van der Waals surface area contributed by atoms with E-state index in [4.69, 9.17) is 0 Å². The molecule has 0 aromatic heterocycles. The number of hydrogen-bond acceptors (Lipinski definition) is 2. The maximum absolute atomic E-state index is 10.7. The van der Waals surface area contributed by atoms with E-state index >= 15 is 0 Å². The first kappa shape index (κ1) is 9.14. The van der Waals surface area contributed by atoms with Gasteiger partial charge in [-0.1, -0.05) is 0 Å². The molecule has 0 rings (SSSR count). The Morgan fingerprint density at radius 3 is 1.80 bits per heavy atom. The molecule has 0 bridgehead atoms. The van der Waals surface area contributed by atoms with Crippen molar-refractivity contribution in [1.29, 1.82) is 0 Å². The highest BCUT2D eigenvalue weighted by molar-refractivity contribution is 5.86. The number of hydrogen-bond donors (Lipinski definition) is 0. The van der Waals surface area contributed by atoms with Crippen LogP contribution in [-0.4, -0.2) is 29.7 Å². The maximum Gasteiger partial charge on any atom is 0.219 e. The van der Waals surface area contributed by atoms with Crippen LogP contribution in [0.4, 0.5) is 0 Å². The Labute approximate surface area is 61.0 Å². The Kier molecular flexibility index (Phi) is 3.06. The van der Waals surface area contributed by atoms with Gasteiger partial charge < -0.3 is 4.90 Å². The van der Waals surface area contributed by atoms with Gasteiger partial charge in [0.1, 0.15) is 0 Å². The van der Waals surface area contributed by atoms with Crippen LogP contribution in [0.1, 0.15) is 20.8 Å². The summed E-state index contributed by atoms with van der Waals surface area (Å²) in [5, 5.41) is 0. The van der Waals surface area contributed by atoms with E-state index < -0.39 is 0 Å². The van der Waals surface area contributed by atoms with E-state index in [0.717, 1.165) is 0 Å². The monoisotopic (exact) mass is 143 g/mol. The summed E-state index contributed by atoms with van der Waals surface area (Å²) < 4.78 is 0. The van der Waals surface area contributed by atoms with E-state index in [-0.39, 0.29) is 17.7 Å². The third kappa shape index (κ3) is 2.17. The quantitative estimate of drug-likeness (QED) is 0.562. The van der Waals surface area contributed by atoms with Gasteiger partial charge in [0.2, 0.25) is 5.91 Å². The highest BCUT2D eigenvalue weighted by Gasteiger charge is 2.14. The lowest BCUT2D eigenvalue weighted by Gasteiger charge is -2.20. The second-order valence-corrected chi connectivity index (χ2v) is 2.42. The first-order chi connectivity index (χ1) is 4.46. The third-order valence-corrected chi connectivity index (χ3v) is 1.67. The van der Waals surface area contributed by atoms with Crippen LogP contribution >= 0.6 is 0 Å². The van der Waals surface area contributed by atoms with Crippen molar-refractivity contribution in [3.63, 3.8) is 0 Å². The zero-order valence-corrected chi connectivity index (χ0v) is 6.84. The molecule has 0 saturated heterocycles. The van der Waals surface area contributed by atoms with Crippen LogP contribution in [0.2, 0.25) is 0 Å². The second-order valence-electron chi connectivity index (χ2n) is 2.42. The Morgan fingerprint density at radius 1 is 1.30 bits per heavy atom. The summed E-state index contributed by atoms with van der Waals surface area (Å²) in [6.45, 7) is 4.63. The maximum atomic E-state index is 10.7. The summed E-state index contributed by atoms with van der Waals surface area (Å²) in [5.41, 5.74) is 0. The second kappa shape index (κ2) is 3.34. The van der Waals surface area contributed by atoms with Gasteiger partial charge in [-0.15, -0.1) is 0 Å². The molecule has 1 unspecified atom stereocenters. The smallest absolute Gasteiger partial charge is 0.219 e. The van der Waals surface area contributed by atoms with E-state index in [1.165, 1.54) is 18.7 Å². The van der Waals surface area contributed by atoms with Crippen molar-refractivity contribution >= 4 is 11.7 Å². The van der Waals surface area contributed by atoms with E-state index in [9.17, 15) is 9.59 Å². The van der Waals surface area contributed by atoms with Crippen LogP contribution < -0.4 is 0 Å². The summed E-state index contributed by atoms with van der Waals surface area (Å²) in [6, 6.07) is -0.294. The third-order valence-electron chi connectivity index (χ3n) is 1.67. The fourth-order valence-corrected chi connectivity index (χ4v) is 0.545. The zero-order valence-electron chi connectivity index (χ0n) is 6.84. The van der Waals surface area contributed by atoms with E-state index in [1.54, 1.807) is 14.0 Å². The Morgan fingerprint density at radius 2 is 1.70 bits per heavy atom. The zero-order chi connectivity index (χ0) is 8.31. The number of nitrogens with zero attached hydrogens (tertiary/aromatic N) is 1. The van der Waals surface area contributed by atoms with Gasteiger partial charge in [0.15, 0.2) is 5.78 Å². The van der Waals surface area contributed by atoms with Gasteiger partial charge in [0, 0.05) is 14.0 Å². The molecule has 0 aliphatic carbocycles. The molecule has 0 heterocycles. The molecule has 1 atom stereocenters.